The Bertz CT molecular complexity index is 530. The Labute approximate surface area is 107 Å². The molecule has 1 N–H and O–H groups in total. The van der Waals surface area contributed by atoms with E-state index in [2.05, 4.69) is 34.6 Å². The molecule has 94 valence electrons. The number of hydrogen-bond donors (Lipinski definition) is 1. The standard InChI is InChI=1S/C15H18N2O/c1-16-15(12-6-8-18-10-12)14-4-2-3-11-9-17-7-5-13(11)14/h2-5,7,9,12,15-16H,6,8,10H2,1H3. The van der Waals surface area contributed by atoms with Crippen LogP contribution in [0.3, 0.4) is 0 Å². The average molecular weight is 242 g/mol. The molecule has 18 heavy (non-hydrogen) atoms. The minimum atomic E-state index is 0.360. The molecule has 3 rings (SSSR count). The molecule has 0 amide bonds. The second-order valence-corrected chi connectivity index (χ2v) is 4.83. The van der Waals surface area contributed by atoms with Gasteiger partial charge in [-0.05, 0) is 30.5 Å². The van der Waals surface area contributed by atoms with Crippen LogP contribution < -0.4 is 5.32 Å². The minimum absolute atomic E-state index is 0.360. The van der Waals surface area contributed by atoms with Gasteiger partial charge in [0.15, 0.2) is 0 Å². The van der Waals surface area contributed by atoms with E-state index in [1.165, 1.54) is 16.3 Å². The summed E-state index contributed by atoms with van der Waals surface area (Å²) in [7, 11) is 2.03. The Morgan fingerprint density at radius 1 is 1.39 bits per heavy atom. The lowest BCUT2D eigenvalue weighted by Gasteiger charge is -2.23. The third-order valence-corrected chi connectivity index (χ3v) is 3.80. The molecule has 1 saturated heterocycles. The summed E-state index contributed by atoms with van der Waals surface area (Å²) in [5.74, 6) is 0.564. The van der Waals surface area contributed by atoms with Crippen LogP contribution in [0.1, 0.15) is 18.0 Å². The highest BCUT2D eigenvalue weighted by molar-refractivity contribution is 5.85. The fourth-order valence-corrected chi connectivity index (χ4v) is 2.88. The van der Waals surface area contributed by atoms with Crippen molar-refractivity contribution >= 4 is 10.8 Å². The van der Waals surface area contributed by atoms with Gasteiger partial charge in [-0.2, -0.15) is 0 Å². The van der Waals surface area contributed by atoms with E-state index in [9.17, 15) is 0 Å². The highest BCUT2D eigenvalue weighted by atomic mass is 16.5. The van der Waals surface area contributed by atoms with Crippen LogP contribution >= 0.6 is 0 Å². The first-order valence-corrected chi connectivity index (χ1v) is 6.48. The number of nitrogens with zero attached hydrogens (tertiary/aromatic N) is 1. The smallest absolute Gasteiger partial charge is 0.0513 e. The Balaban J connectivity index is 2.06. The first-order chi connectivity index (χ1) is 8.90. The number of aromatic nitrogens is 1. The third kappa shape index (κ3) is 2.00. The van der Waals surface area contributed by atoms with Crippen LogP contribution in [0, 0.1) is 5.92 Å². The molecule has 1 aliphatic rings. The molecule has 2 atom stereocenters. The number of benzene rings is 1. The van der Waals surface area contributed by atoms with Gasteiger partial charge in [0.2, 0.25) is 0 Å². The largest absolute Gasteiger partial charge is 0.381 e. The summed E-state index contributed by atoms with van der Waals surface area (Å²) >= 11 is 0. The molecule has 2 unspecified atom stereocenters. The number of nitrogens with one attached hydrogen (secondary N) is 1. The summed E-state index contributed by atoms with van der Waals surface area (Å²) in [6, 6.07) is 8.90. The molecule has 1 aliphatic heterocycles. The molecule has 1 aromatic heterocycles. The second kappa shape index (κ2) is 5.04. The summed E-state index contributed by atoms with van der Waals surface area (Å²) in [5.41, 5.74) is 1.35. The highest BCUT2D eigenvalue weighted by Crippen LogP contribution is 2.32. The number of pyridine rings is 1. The first-order valence-electron chi connectivity index (χ1n) is 6.48. The quantitative estimate of drug-likeness (QED) is 0.898. The van der Waals surface area contributed by atoms with Crippen LogP contribution in [0.25, 0.3) is 10.8 Å². The maximum atomic E-state index is 5.52. The van der Waals surface area contributed by atoms with Gasteiger partial charge in [0.1, 0.15) is 0 Å². The van der Waals surface area contributed by atoms with Gasteiger partial charge in [-0.1, -0.05) is 18.2 Å². The fraction of sp³-hybridized carbons (Fsp3) is 0.400. The molecular weight excluding hydrogens is 224 g/mol. The first kappa shape index (κ1) is 11.6. The predicted molar refractivity (Wildman–Crippen MR) is 72.5 cm³/mol. The summed E-state index contributed by atoms with van der Waals surface area (Å²) in [5, 5.41) is 5.95. The van der Waals surface area contributed by atoms with Gasteiger partial charge in [0, 0.05) is 36.3 Å². The molecule has 1 fully saturated rings. The zero-order chi connectivity index (χ0) is 12.4. The molecule has 0 bridgehead atoms. The van der Waals surface area contributed by atoms with E-state index in [-0.39, 0.29) is 0 Å². The van der Waals surface area contributed by atoms with E-state index < -0.39 is 0 Å². The van der Waals surface area contributed by atoms with Gasteiger partial charge >= 0.3 is 0 Å². The Hall–Kier alpha value is -1.45. The van der Waals surface area contributed by atoms with Gasteiger partial charge in [0.25, 0.3) is 0 Å². The number of hydrogen-bond acceptors (Lipinski definition) is 3. The van der Waals surface area contributed by atoms with Crippen molar-refractivity contribution in [3.8, 4) is 0 Å². The fourth-order valence-electron chi connectivity index (χ4n) is 2.88. The van der Waals surface area contributed by atoms with Crippen molar-refractivity contribution in [1.29, 1.82) is 0 Å². The van der Waals surface area contributed by atoms with Crippen LogP contribution in [0.5, 0.6) is 0 Å². The lowest BCUT2D eigenvalue weighted by atomic mass is 9.89. The summed E-state index contributed by atoms with van der Waals surface area (Å²) < 4.78 is 5.52. The van der Waals surface area contributed by atoms with Crippen LogP contribution in [-0.4, -0.2) is 25.2 Å². The number of rotatable bonds is 3. The highest BCUT2D eigenvalue weighted by Gasteiger charge is 2.26. The summed E-state index contributed by atoms with van der Waals surface area (Å²) in [6.07, 6.45) is 4.92. The monoisotopic (exact) mass is 242 g/mol. The molecule has 2 heterocycles. The molecular formula is C15H18N2O. The number of ether oxygens (including phenoxy) is 1. The van der Waals surface area contributed by atoms with Crippen molar-refractivity contribution in [3.05, 3.63) is 42.2 Å². The van der Waals surface area contributed by atoms with Gasteiger partial charge in [-0.15, -0.1) is 0 Å². The summed E-state index contributed by atoms with van der Waals surface area (Å²) in [4.78, 5) is 4.19. The zero-order valence-corrected chi connectivity index (χ0v) is 10.6. The topological polar surface area (TPSA) is 34.2 Å². The lowest BCUT2D eigenvalue weighted by Crippen LogP contribution is -2.25. The van der Waals surface area contributed by atoms with Crippen LogP contribution in [0.15, 0.2) is 36.7 Å². The van der Waals surface area contributed by atoms with Gasteiger partial charge < -0.3 is 10.1 Å². The lowest BCUT2D eigenvalue weighted by molar-refractivity contribution is 0.178. The van der Waals surface area contributed by atoms with Crippen LogP contribution in [0.2, 0.25) is 0 Å². The van der Waals surface area contributed by atoms with Crippen molar-refractivity contribution in [2.75, 3.05) is 20.3 Å². The molecule has 0 aliphatic carbocycles. The van der Waals surface area contributed by atoms with Crippen LogP contribution in [0.4, 0.5) is 0 Å². The van der Waals surface area contributed by atoms with Crippen molar-refractivity contribution in [3.63, 3.8) is 0 Å². The predicted octanol–water partition coefficient (Wildman–Crippen LogP) is 2.53. The Morgan fingerprint density at radius 2 is 2.33 bits per heavy atom. The van der Waals surface area contributed by atoms with E-state index in [1.54, 1.807) is 0 Å². The average Bonchev–Trinajstić information content (AvgIpc) is 2.94. The molecule has 0 saturated carbocycles. The maximum absolute atomic E-state index is 5.52. The molecule has 3 nitrogen and oxygen atoms in total. The van der Waals surface area contributed by atoms with E-state index in [0.29, 0.717) is 12.0 Å². The normalized spacial score (nSPS) is 21.3. The molecule has 2 aromatic rings. The molecule has 0 radical (unpaired) electrons. The third-order valence-electron chi connectivity index (χ3n) is 3.80. The van der Waals surface area contributed by atoms with E-state index in [0.717, 1.165) is 19.6 Å². The Morgan fingerprint density at radius 3 is 3.11 bits per heavy atom. The minimum Gasteiger partial charge on any atom is -0.381 e. The van der Waals surface area contributed by atoms with Gasteiger partial charge in [-0.25, -0.2) is 0 Å². The van der Waals surface area contributed by atoms with Crippen molar-refractivity contribution in [2.45, 2.75) is 12.5 Å². The van der Waals surface area contributed by atoms with Crippen molar-refractivity contribution < 1.29 is 4.74 Å². The van der Waals surface area contributed by atoms with Crippen molar-refractivity contribution in [2.24, 2.45) is 5.92 Å². The maximum Gasteiger partial charge on any atom is 0.0513 e. The van der Waals surface area contributed by atoms with E-state index in [4.69, 9.17) is 4.74 Å². The Kier molecular flexibility index (Phi) is 3.26. The SMILES string of the molecule is CNC(c1cccc2cnccc12)C1CCOC1. The second-order valence-electron chi connectivity index (χ2n) is 4.83. The molecule has 0 spiro atoms. The van der Waals surface area contributed by atoms with Crippen molar-refractivity contribution in [1.82, 2.24) is 10.3 Å². The zero-order valence-electron chi connectivity index (χ0n) is 10.6. The van der Waals surface area contributed by atoms with E-state index >= 15 is 0 Å². The van der Waals surface area contributed by atoms with E-state index in [1.807, 2.05) is 19.4 Å². The van der Waals surface area contributed by atoms with Gasteiger partial charge in [-0.3, -0.25) is 4.98 Å². The number of fused-ring (bicyclic) bond motifs is 1. The van der Waals surface area contributed by atoms with Gasteiger partial charge in [0.05, 0.1) is 6.61 Å². The summed E-state index contributed by atoms with van der Waals surface area (Å²) in [6.45, 7) is 1.74. The molecule has 1 aromatic carbocycles. The van der Waals surface area contributed by atoms with Crippen LogP contribution in [-0.2, 0) is 4.74 Å². The molecule has 3 heteroatoms.